The van der Waals surface area contributed by atoms with Gasteiger partial charge in [-0.3, -0.25) is 0 Å². The molecule has 2 N–H and O–H groups in total. The average Bonchev–Trinajstić information content (AvgIpc) is 2.25. The molecule has 0 aliphatic rings. The molecule has 98 valence electrons. The van der Waals surface area contributed by atoms with Gasteiger partial charge in [0.2, 0.25) is 0 Å². The van der Waals surface area contributed by atoms with E-state index in [-0.39, 0.29) is 0 Å². The van der Waals surface area contributed by atoms with Crippen molar-refractivity contribution < 1.29 is 0 Å². The van der Waals surface area contributed by atoms with Gasteiger partial charge in [0.25, 0.3) is 0 Å². The molecule has 0 bridgehead atoms. The van der Waals surface area contributed by atoms with Crippen molar-refractivity contribution in [3.8, 4) is 0 Å². The molecule has 1 unspecified atom stereocenters. The molecule has 0 rings (SSSR count). The van der Waals surface area contributed by atoms with E-state index in [1.807, 2.05) is 0 Å². The van der Waals surface area contributed by atoms with Crippen molar-refractivity contribution >= 4 is 0 Å². The fourth-order valence-electron chi connectivity index (χ4n) is 2.01. The number of hydrogen-bond acceptors (Lipinski definition) is 3. The van der Waals surface area contributed by atoms with Crippen LogP contribution in [0.1, 0.15) is 33.1 Å². The first-order chi connectivity index (χ1) is 7.63. The van der Waals surface area contributed by atoms with E-state index in [1.165, 1.54) is 38.9 Å². The molecular formula is C13H31N3. The summed E-state index contributed by atoms with van der Waals surface area (Å²) in [5, 5.41) is 0. The van der Waals surface area contributed by atoms with Crippen LogP contribution in [0, 0.1) is 5.92 Å². The lowest BCUT2D eigenvalue weighted by molar-refractivity contribution is 0.205. The van der Waals surface area contributed by atoms with E-state index < -0.39 is 0 Å². The van der Waals surface area contributed by atoms with E-state index in [0.29, 0.717) is 5.92 Å². The number of hydrogen-bond donors (Lipinski definition) is 1. The van der Waals surface area contributed by atoms with Gasteiger partial charge in [-0.25, -0.2) is 0 Å². The molecule has 0 aliphatic heterocycles. The van der Waals surface area contributed by atoms with Gasteiger partial charge in [0.1, 0.15) is 0 Å². The fraction of sp³-hybridized carbons (Fsp3) is 1.00. The van der Waals surface area contributed by atoms with Crippen LogP contribution in [0.3, 0.4) is 0 Å². The topological polar surface area (TPSA) is 32.5 Å². The second kappa shape index (κ2) is 10.1. The average molecular weight is 229 g/mol. The monoisotopic (exact) mass is 229 g/mol. The van der Waals surface area contributed by atoms with Crippen molar-refractivity contribution in [1.82, 2.24) is 9.80 Å². The molecule has 0 saturated carbocycles. The van der Waals surface area contributed by atoms with Gasteiger partial charge >= 0.3 is 0 Å². The lowest BCUT2D eigenvalue weighted by Gasteiger charge is -2.27. The minimum absolute atomic E-state index is 0.679. The summed E-state index contributed by atoms with van der Waals surface area (Å²) in [5.74, 6) is 0.679. The zero-order valence-electron chi connectivity index (χ0n) is 11.7. The molecule has 0 radical (unpaired) electrons. The fourth-order valence-corrected chi connectivity index (χ4v) is 2.01. The maximum Gasteiger partial charge on any atom is 0.0109 e. The van der Waals surface area contributed by atoms with Crippen molar-refractivity contribution in [1.29, 1.82) is 0 Å². The van der Waals surface area contributed by atoms with Crippen molar-refractivity contribution in [3.05, 3.63) is 0 Å². The Labute approximate surface area is 102 Å². The number of rotatable bonds is 10. The molecule has 0 aromatic carbocycles. The Hall–Kier alpha value is -0.120. The normalized spacial score (nSPS) is 13.7. The van der Waals surface area contributed by atoms with Crippen LogP contribution in [0.25, 0.3) is 0 Å². The third kappa shape index (κ3) is 8.08. The second-order valence-electron chi connectivity index (χ2n) is 4.99. The Morgan fingerprint density at radius 1 is 1.00 bits per heavy atom. The minimum Gasteiger partial charge on any atom is -0.330 e. The molecule has 1 atom stereocenters. The summed E-state index contributed by atoms with van der Waals surface area (Å²) in [6.07, 6.45) is 3.74. The predicted octanol–water partition coefficient (Wildman–Crippen LogP) is 1.64. The van der Waals surface area contributed by atoms with Crippen LogP contribution < -0.4 is 5.73 Å². The second-order valence-corrected chi connectivity index (χ2v) is 4.99. The van der Waals surface area contributed by atoms with Gasteiger partial charge in [0.05, 0.1) is 0 Å². The van der Waals surface area contributed by atoms with Crippen LogP contribution in [0.15, 0.2) is 0 Å². The number of likely N-dealkylation sites (N-methyl/N-ethyl adjacent to an activating group) is 1. The molecule has 16 heavy (non-hydrogen) atoms. The third-order valence-electron chi connectivity index (χ3n) is 2.95. The molecule has 0 saturated heterocycles. The Morgan fingerprint density at radius 2 is 1.69 bits per heavy atom. The zero-order valence-corrected chi connectivity index (χ0v) is 11.7. The summed E-state index contributed by atoms with van der Waals surface area (Å²) >= 11 is 0. The third-order valence-corrected chi connectivity index (χ3v) is 2.95. The van der Waals surface area contributed by atoms with Gasteiger partial charge in [0, 0.05) is 19.6 Å². The van der Waals surface area contributed by atoms with Gasteiger partial charge in [-0.2, -0.15) is 0 Å². The first kappa shape index (κ1) is 15.9. The van der Waals surface area contributed by atoms with Crippen LogP contribution in [0.5, 0.6) is 0 Å². The van der Waals surface area contributed by atoms with Crippen LogP contribution in [0.4, 0.5) is 0 Å². The molecule has 0 spiro atoms. The SMILES string of the molecule is CCCC(CN)CN(CCC)CCN(C)C. The van der Waals surface area contributed by atoms with Crippen molar-refractivity contribution in [2.24, 2.45) is 11.7 Å². The highest BCUT2D eigenvalue weighted by Crippen LogP contribution is 2.07. The quantitative estimate of drug-likeness (QED) is 0.618. The Morgan fingerprint density at radius 3 is 2.12 bits per heavy atom. The maximum absolute atomic E-state index is 5.82. The zero-order chi connectivity index (χ0) is 12.4. The summed E-state index contributed by atoms with van der Waals surface area (Å²) in [4.78, 5) is 4.81. The molecule has 0 aromatic rings. The molecule has 3 heteroatoms. The van der Waals surface area contributed by atoms with Gasteiger partial charge in [-0.05, 0) is 45.9 Å². The highest BCUT2D eigenvalue weighted by atomic mass is 15.2. The molecule has 0 heterocycles. The summed E-state index contributed by atoms with van der Waals surface area (Å²) in [5.41, 5.74) is 5.82. The number of nitrogens with two attached hydrogens (primary N) is 1. The van der Waals surface area contributed by atoms with E-state index in [1.54, 1.807) is 0 Å². The van der Waals surface area contributed by atoms with E-state index in [0.717, 1.165) is 13.1 Å². The molecule has 0 aliphatic carbocycles. The van der Waals surface area contributed by atoms with Gasteiger partial charge in [-0.15, -0.1) is 0 Å². The molecule has 3 nitrogen and oxygen atoms in total. The predicted molar refractivity (Wildman–Crippen MR) is 72.7 cm³/mol. The maximum atomic E-state index is 5.82. The van der Waals surface area contributed by atoms with Crippen LogP contribution in [-0.4, -0.2) is 56.6 Å². The van der Waals surface area contributed by atoms with Crippen LogP contribution in [-0.2, 0) is 0 Å². The molecule has 0 fully saturated rings. The molecular weight excluding hydrogens is 198 g/mol. The van der Waals surface area contributed by atoms with Crippen molar-refractivity contribution in [2.75, 3.05) is 46.8 Å². The smallest absolute Gasteiger partial charge is 0.0109 e. The Bertz CT molecular complexity index is 148. The Balaban J connectivity index is 3.97. The summed E-state index contributed by atoms with van der Waals surface area (Å²) < 4.78 is 0. The van der Waals surface area contributed by atoms with Crippen LogP contribution in [0.2, 0.25) is 0 Å². The van der Waals surface area contributed by atoms with E-state index >= 15 is 0 Å². The van der Waals surface area contributed by atoms with Crippen LogP contribution >= 0.6 is 0 Å². The van der Waals surface area contributed by atoms with E-state index in [9.17, 15) is 0 Å². The highest BCUT2D eigenvalue weighted by Gasteiger charge is 2.11. The minimum atomic E-state index is 0.679. The van der Waals surface area contributed by atoms with Gasteiger partial charge < -0.3 is 15.5 Å². The molecule has 0 aromatic heterocycles. The largest absolute Gasteiger partial charge is 0.330 e. The standard InChI is InChI=1S/C13H31N3/c1-5-7-13(11-14)12-16(8-6-2)10-9-15(3)4/h13H,5-12,14H2,1-4H3. The summed E-state index contributed by atoms with van der Waals surface area (Å²) in [6, 6.07) is 0. The van der Waals surface area contributed by atoms with Gasteiger partial charge in [0.15, 0.2) is 0 Å². The lowest BCUT2D eigenvalue weighted by Crippen LogP contribution is -2.37. The highest BCUT2D eigenvalue weighted by molar-refractivity contribution is 4.67. The first-order valence-corrected chi connectivity index (χ1v) is 6.71. The lowest BCUT2D eigenvalue weighted by atomic mass is 10.0. The first-order valence-electron chi connectivity index (χ1n) is 6.71. The summed E-state index contributed by atoms with van der Waals surface area (Å²) in [6.45, 7) is 10.0. The Kier molecular flexibility index (Phi) is 9.99. The van der Waals surface area contributed by atoms with Crippen molar-refractivity contribution in [2.45, 2.75) is 33.1 Å². The van der Waals surface area contributed by atoms with Gasteiger partial charge in [-0.1, -0.05) is 20.3 Å². The van der Waals surface area contributed by atoms with E-state index in [4.69, 9.17) is 5.73 Å². The van der Waals surface area contributed by atoms with Crippen molar-refractivity contribution in [3.63, 3.8) is 0 Å². The number of nitrogens with zero attached hydrogens (tertiary/aromatic N) is 2. The van der Waals surface area contributed by atoms with E-state index in [2.05, 4.69) is 37.7 Å². The molecule has 0 amide bonds. The summed E-state index contributed by atoms with van der Waals surface area (Å²) in [7, 11) is 4.27.